The first-order chi connectivity index (χ1) is 8.13. The van der Waals surface area contributed by atoms with E-state index in [1.807, 2.05) is 0 Å². The van der Waals surface area contributed by atoms with Gasteiger partial charge in [0.25, 0.3) is 0 Å². The number of nitrogens with zero attached hydrogens (tertiary/aromatic N) is 4. The highest BCUT2D eigenvalue weighted by Crippen LogP contribution is 1.97. The Hall–Kier alpha value is -1.43. The number of aromatic nitrogens is 3. The van der Waals surface area contributed by atoms with Gasteiger partial charge in [-0.25, -0.2) is 4.79 Å². The third-order valence-electron chi connectivity index (χ3n) is 2.61. The Labute approximate surface area is 101 Å². The molecule has 0 aliphatic rings. The first-order valence-corrected chi connectivity index (χ1v) is 5.95. The summed E-state index contributed by atoms with van der Waals surface area (Å²) in [6, 6.07) is 0. The smallest absolute Gasteiger partial charge is 0.358 e. The molecule has 1 heterocycles. The second kappa shape index (κ2) is 7.01. The lowest BCUT2D eigenvalue weighted by atomic mass is 10.2. The number of likely N-dealkylation sites (N-methyl/N-ethyl adjacent to an activating group) is 1. The van der Waals surface area contributed by atoms with Gasteiger partial charge >= 0.3 is 5.97 Å². The maximum atomic E-state index is 10.6. The molecule has 0 aliphatic carbocycles. The third-order valence-corrected chi connectivity index (χ3v) is 2.61. The fraction of sp³-hybridized carbons (Fsp3) is 0.727. The van der Waals surface area contributed by atoms with Crippen molar-refractivity contribution in [2.45, 2.75) is 32.7 Å². The highest BCUT2D eigenvalue weighted by atomic mass is 16.4. The van der Waals surface area contributed by atoms with Crippen LogP contribution in [0.4, 0.5) is 0 Å². The van der Waals surface area contributed by atoms with E-state index in [4.69, 9.17) is 5.11 Å². The van der Waals surface area contributed by atoms with E-state index in [0.717, 1.165) is 13.1 Å². The summed E-state index contributed by atoms with van der Waals surface area (Å²) in [4.78, 5) is 12.8. The summed E-state index contributed by atoms with van der Waals surface area (Å²) in [7, 11) is 2.06. The van der Waals surface area contributed by atoms with E-state index in [1.165, 1.54) is 25.5 Å². The Morgan fingerprint density at radius 3 is 2.82 bits per heavy atom. The minimum absolute atomic E-state index is 0.00126. The van der Waals surface area contributed by atoms with Gasteiger partial charge < -0.3 is 10.0 Å². The van der Waals surface area contributed by atoms with E-state index in [2.05, 4.69) is 29.2 Å². The summed E-state index contributed by atoms with van der Waals surface area (Å²) < 4.78 is 1.57. The van der Waals surface area contributed by atoms with Crippen LogP contribution in [0.15, 0.2) is 6.20 Å². The van der Waals surface area contributed by atoms with Gasteiger partial charge in [-0.2, -0.15) is 0 Å². The zero-order valence-corrected chi connectivity index (χ0v) is 10.5. The number of hydrogen-bond donors (Lipinski definition) is 1. The summed E-state index contributed by atoms with van der Waals surface area (Å²) in [5, 5.41) is 16.0. The van der Waals surface area contributed by atoms with Crippen molar-refractivity contribution in [3.8, 4) is 0 Å². The molecule has 0 unspecified atom stereocenters. The summed E-state index contributed by atoms with van der Waals surface area (Å²) in [5.74, 6) is -1.03. The largest absolute Gasteiger partial charge is 0.476 e. The van der Waals surface area contributed by atoms with Crippen LogP contribution in [0.5, 0.6) is 0 Å². The van der Waals surface area contributed by atoms with E-state index >= 15 is 0 Å². The van der Waals surface area contributed by atoms with Crippen molar-refractivity contribution in [3.63, 3.8) is 0 Å². The van der Waals surface area contributed by atoms with Gasteiger partial charge in [-0.15, -0.1) is 5.10 Å². The Morgan fingerprint density at radius 1 is 1.47 bits per heavy atom. The van der Waals surface area contributed by atoms with Crippen LogP contribution in [-0.4, -0.2) is 51.1 Å². The molecule has 0 saturated heterocycles. The zero-order valence-electron chi connectivity index (χ0n) is 10.5. The standard InChI is InChI=1S/C11H20N4O2/c1-3-4-5-6-14(2)7-8-15-9-10(11(16)17)12-13-15/h9H,3-8H2,1-2H3,(H,16,17). The van der Waals surface area contributed by atoms with Crippen LogP contribution in [0.1, 0.15) is 36.7 Å². The fourth-order valence-corrected chi connectivity index (χ4v) is 1.52. The van der Waals surface area contributed by atoms with Gasteiger partial charge in [0.2, 0.25) is 0 Å². The molecule has 0 spiro atoms. The average molecular weight is 240 g/mol. The highest BCUT2D eigenvalue weighted by Gasteiger charge is 2.08. The molecule has 17 heavy (non-hydrogen) atoms. The summed E-state index contributed by atoms with van der Waals surface area (Å²) in [6.45, 7) is 4.77. The average Bonchev–Trinajstić information content (AvgIpc) is 2.75. The lowest BCUT2D eigenvalue weighted by Crippen LogP contribution is -2.24. The van der Waals surface area contributed by atoms with Crippen LogP contribution in [0.2, 0.25) is 0 Å². The van der Waals surface area contributed by atoms with E-state index in [0.29, 0.717) is 6.54 Å². The molecule has 96 valence electrons. The Bertz CT molecular complexity index is 351. The van der Waals surface area contributed by atoms with Crippen molar-refractivity contribution in [2.75, 3.05) is 20.1 Å². The first kappa shape index (κ1) is 13.6. The highest BCUT2D eigenvalue weighted by molar-refractivity contribution is 5.84. The molecule has 0 radical (unpaired) electrons. The van der Waals surface area contributed by atoms with Crippen molar-refractivity contribution < 1.29 is 9.90 Å². The lowest BCUT2D eigenvalue weighted by Gasteiger charge is -2.15. The molecule has 0 amide bonds. The third kappa shape index (κ3) is 4.95. The second-order valence-corrected chi connectivity index (χ2v) is 4.18. The second-order valence-electron chi connectivity index (χ2n) is 4.18. The van der Waals surface area contributed by atoms with Crippen LogP contribution in [-0.2, 0) is 6.54 Å². The molecule has 6 nitrogen and oxygen atoms in total. The maximum absolute atomic E-state index is 10.6. The molecule has 0 aliphatic heterocycles. The van der Waals surface area contributed by atoms with Crippen molar-refractivity contribution >= 4 is 5.97 Å². The topological polar surface area (TPSA) is 71.2 Å². The molecule has 0 bridgehead atoms. The Morgan fingerprint density at radius 2 is 2.24 bits per heavy atom. The number of unbranched alkanes of at least 4 members (excludes halogenated alkanes) is 2. The minimum atomic E-state index is -1.03. The predicted octanol–water partition coefficient (Wildman–Crippen LogP) is 1.10. The van der Waals surface area contributed by atoms with E-state index in [9.17, 15) is 4.79 Å². The first-order valence-electron chi connectivity index (χ1n) is 5.95. The molecule has 1 rings (SSSR count). The minimum Gasteiger partial charge on any atom is -0.476 e. The van der Waals surface area contributed by atoms with Gasteiger partial charge in [-0.05, 0) is 20.0 Å². The summed E-state index contributed by atoms with van der Waals surface area (Å²) in [6.07, 6.45) is 5.13. The molecule has 6 heteroatoms. The van der Waals surface area contributed by atoms with E-state index in [1.54, 1.807) is 4.68 Å². The molecular formula is C11H20N4O2. The molecule has 0 atom stereocenters. The number of carboxylic acid groups (broad SMARTS) is 1. The summed E-state index contributed by atoms with van der Waals surface area (Å²) >= 11 is 0. The number of rotatable bonds is 8. The van der Waals surface area contributed by atoms with Crippen LogP contribution in [0.25, 0.3) is 0 Å². The molecule has 0 fully saturated rings. The Balaban J connectivity index is 2.26. The maximum Gasteiger partial charge on any atom is 0.358 e. The van der Waals surface area contributed by atoms with Gasteiger partial charge in [0, 0.05) is 6.54 Å². The molecule has 1 N–H and O–H groups in total. The van der Waals surface area contributed by atoms with Crippen molar-refractivity contribution in [1.29, 1.82) is 0 Å². The van der Waals surface area contributed by atoms with E-state index < -0.39 is 5.97 Å². The van der Waals surface area contributed by atoms with Crippen LogP contribution >= 0.6 is 0 Å². The lowest BCUT2D eigenvalue weighted by molar-refractivity contribution is 0.0690. The van der Waals surface area contributed by atoms with Crippen molar-refractivity contribution in [2.24, 2.45) is 0 Å². The van der Waals surface area contributed by atoms with Gasteiger partial charge in [-0.3, -0.25) is 4.68 Å². The molecular weight excluding hydrogens is 220 g/mol. The van der Waals surface area contributed by atoms with Gasteiger partial charge in [-0.1, -0.05) is 25.0 Å². The van der Waals surface area contributed by atoms with Gasteiger partial charge in [0.1, 0.15) is 0 Å². The summed E-state index contributed by atoms with van der Waals surface area (Å²) in [5.41, 5.74) is -0.00126. The number of hydrogen-bond acceptors (Lipinski definition) is 4. The van der Waals surface area contributed by atoms with Crippen LogP contribution < -0.4 is 0 Å². The van der Waals surface area contributed by atoms with Crippen LogP contribution in [0.3, 0.4) is 0 Å². The fourth-order valence-electron chi connectivity index (χ4n) is 1.52. The monoisotopic (exact) mass is 240 g/mol. The number of carbonyl (C=O) groups is 1. The van der Waals surface area contributed by atoms with Crippen molar-refractivity contribution in [3.05, 3.63) is 11.9 Å². The van der Waals surface area contributed by atoms with E-state index in [-0.39, 0.29) is 5.69 Å². The molecule has 0 aromatic carbocycles. The van der Waals surface area contributed by atoms with Gasteiger partial charge in [0.15, 0.2) is 5.69 Å². The normalized spacial score (nSPS) is 11.0. The SMILES string of the molecule is CCCCCN(C)CCn1cc(C(=O)O)nn1. The number of aromatic carboxylic acids is 1. The quantitative estimate of drug-likeness (QED) is 0.689. The van der Waals surface area contributed by atoms with Gasteiger partial charge in [0.05, 0.1) is 12.7 Å². The predicted molar refractivity (Wildman–Crippen MR) is 64.0 cm³/mol. The molecule has 0 saturated carbocycles. The Kier molecular flexibility index (Phi) is 5.62. The molecule has 1 aromatic heterocycles. The van der Waals surface area contributed by atoms with Crippen molar-refractivity contribution in [1.82, 2.24) is 19.9 Å². The number of carboxylic acids is 1. The zero-order chi connectivity index (χ0) is 12.7. The van der Waals surface area contributed by atoms with Crippen LogP contribution in [0, 0.1) is 0 Å². The molecule has 1 aromatic rings.